The van der Waals surface area contributed by atoms with Crippen molar-refractivity contribution in [3.05, 3.63) is 47.5 Å². The Hall–Kier alpha value is -3.75. The number of carbonyl (C=O) groups excluding carboxylic acids is 3. The Morgan fingerprint density at radius 3 is 2.55 bits per heavy atom. The van der Waals surface area contributed by atoms with Crippen LogP contribution in [0.5, 0.6) is 17.2 Å². The standard InChI is InChI=1S/C24H25N3O6/c28-22(25-12-16-4-6-20-21(10-16)33-15-32-20)13-27-18-11-17(5-7-19(18)31-14-23(27)29)24(30)26-8-2-1-3-9-26/h4-7,10-11H,1-3,8-9,12-15H2,(H,25,28). The molecule has 0 unspecified atom stereocenters. The minimum atomic E-state index is -0.330. The summed E-state index contributed by atoms with van der Waals surface area (Å²) >= 11 is 0. The van der Waals surface area contributed by atoms with E-state index >= 15 is 0 Å². The minimum Gasteiger partial charge on any atom is -0.482 e. The molecule has 1 N–H and O–H groups in total. The van der Waals surface area contributed by atoms with Gasteiger partial charge < -0.3 is 24.4 Å². The molecular weight excluding hydrogens is 426 g/mol. The quantitative estimate of drug-likeness (QED) is 0.748. The Labute approximate surface area is 191 Å². The van der Waals surface area contributed by atoms with Crippen molar-refractivity contribution < 1.29 is 28.6 Å². The topological polar surface area (TPSA) is 97.4 Å². The van der Waals surface area contributed by atoms with Gasteiger partial charge in [-0.1, -0.05) is 6.07 Å². The number of likely N-dealkylation sites (tertiary alicyclic amines) is 1. The smallest absolute Gasteiger partial charge is 0.265 e. The van der Waals surface area contributed by atoms with Crippen molar-refractivity contribution in [3.63, 3.8) is 0 Å². The Morgan fingerprint density at radius 1 is 0.909 bits per heavy atom. The summed E-state index contributed by atoms with van der Waals surface area (Å²) in [5, 5.41) is 2.83. The number of piperidine rings is 1. The van der Waals surface area contributed by atoms with Crippen molar-refractivity contribution in [2.75, 3.05) is 37.9 Å². The first-order chi connectivity index (χ1) is 16.1. The van der Waals surface area contributed by atoms with Gasteiger partial charge in [0.15, 0.2) is 18.1 Å². The highest BCUT2D eigenvalue weighted by Gasteiger charge is 2.29. The Morgan fingerprint density at radius 2 is 1.70 bits per heavy atom. The average molecular weight is 451 g/mol. The maximum Gasteiger partial charge on any atom is 0.265 e. The van der Waals surface area contributed by atoms with E-state index in [4.69, 9.17) is 14.2 Å². The number of fused-ring (bicyclic) bond motifs is 2. The van der Waals surface area contributed by atoms with Crippen LogP contribution >= 0.6 is 0 Å². The molecule has 3 amide bonds. The summed E-state index contributed by atoms with van der Waals surface area (Å²) in [7, 11) is 0. The predicted molar refractivity (Wildman–Crippen MR) is 118 cm³/mol. The van der Waals surface area contributed by atoms with Crippen LogP contribution in [-0.2, 0) is 16.1 Å². The third kappa shape index (κ3) is 4.44. The second-order valence-electron chi connectivity index (χ2n) is 8.27. The Kier molecular flexibility index (Phi) is 5.77. The number of hydrogen-bond acceptors (Lipinski definition) is 6. The van der Waals surface area contributed by atoms with E-state index in [1.807, 2.05) is 17.0 Å². The number of ether oxygens (including phenoxy) is 3. The van der Waals surface area contributed by atoms with Gasteiger partial charge in [-0.05, 0) is 55.2 Å². The second-order valence-corrected chi connectivity index (χ2v) is 8.27. The number of nitrogens with one attached hydrogen (secondary N) is 1. The molecule has 0 aromatic heterocycles. The van der Waals surface area contributed by atoms with E-state index in [1.54, 1.807) is 24.3 Å². The van der Waals surface area contributed by atoms with E-state index in [-0.39, 0.29) is 44.2 Å². The molecule has 0 spiro atoms. The van der Waals surface area contributed by atoms with Crippen molar-refractivity contribution in [1.29, 1.82) is 0 Å². The first kappa shape index (κ1) is 21.1. The van der Waals surface area contributed by atoms with Gasteiger partial charge in [-0.2, -0.15) is 0 Å². The summed E-state index contributed by atoms with van der Waals surface area (Å²) < 4.78 is 16.2. The monoisotopic (exact) mass is 451 g/mol. The highest BCUT2D eigenvalue weighted by molar-refractivity contribution is 6.04. The van der Waals surface area contributed by atoms with E-state index in [0.717, 1.165) is 37.9 Å². The number of rotatable bonds is 5. The summed E-state index contributed by atoms with van der Waals surface area (Å²) in [5.41, 5.74) is 1.78. The largest absolute Gasteiger partial charge is 0.482 e. The average Bonchev–Trinajstić information content (AvgIpc) is 3.32. The fourth-order valence-corrected chi connectivity index (χ4v) is 4.24. The molecule has 0 radical (unpaired) electrons. The molecule has 0 atom stereocenters. The summed E-state index contributed by atoms with van der Waals surface area (Å²) in [6, 6.07) is 10.5. The van der Waals surface area contributed by atoms with Gasteiger partial charge >= 0.3 is 0 Å². The minimum absolute atomic E-state index is 0.0669. The normalized spacial score (nSPS) is 16.8. The maximum atomic E-state index is 12.9. The molecule has 3 heterocycles. The fourth-order valence-electron chi connectivity index (χ4n) is 4.24. The van der Waals surface area contributed by atoms with Gasteiger partial charge in [0, 0.05) is 25.2 Å². The van der Waals surface area contributed by atoms with E-state index in [2.05, 4.69) is 5.32 Å². The lowest BCUT2D eigenvalue weighted by atomic mass is 10.1. The van der Waals surface area contributed by atoms with E-state index in [1.165, 1.54) is 4.90 Å². The van der Waals surface area contributed by atoms with Gasteiger partial charge in [0.05, 0.1) is 5.69 Å². The second kappa shape index (κ2) is 9.01. The van der Waals surface area contributed by atoms with Crippen molar-refractivity contribution in [1.82, 2.24) is 10.2 Å². The van der Waals surface area contributed by atoms with Crippen LogP contribution < -0.4 is 24.4 Å². The zero-order valence-electron chi connectivity index (χ0n) is 18.2. The number of nitrogens with zero attached hydrogens (tertiary/aromatic N) is 2. The van der Waals surface area contributed by atoms with Crippen LogP contribution in [-0.4, -0.2) is 55.7 Å². The summed E-state index contributed by atoms with van der Waals surface area (Å²) in [5.74, 6) is 1.08. The zero-order chi connectivity index (χ0) is 22.8. The van der Waals surface area contributed by atoms with Gasteiger partial charge in [-0.15, -0.1) is 0 Å². The van der Waals surface area contributed by atoms with Crippen LogP contribution in [0.15, 0.2) is 36.4 Å². The number of benzene rings is 2. The molecule has 2 aromatic rings. The first-order valence-corrected chi connectivity index (χ1v) is 11.1. The lowest BCUT2D eigenvalue weighted by Crippen LogP contribution is -2.45. The molecule has 5 rings (SSSR count). The molecule has 3 aliphatic heterocycles. The lowest BCUT2D eigenvalue weighted by molar-refractivity contribution is -0.125. The molecule has 0 saturated carbocycles. The highest BCUT2D eigenvalue weighted by Crippen LogP contribution is 2.34. The zero-order valence-corrected chi connectivity index (χ0v) is 18.2. The highest BCUT2D eigenvalue weighted by atomic mass is 16.7. The van der Waals surface area contributed by atoms with E-state index in [0.29, 0.717) is 28.5 Å². The molecule has 2 aromatic carbocycles. The van der Waals surface area contributed by atoms with E-state index < -0.39 is 0 Å². The third-order valence-corrected chi connectivity index (χ3v) is 6.02. The van der Waals surface area contributed by atoms with Crippen molar-refractivity contribution in [2.24, 2.45) is 0 Å². The summed E-state index contributed by atoms with van der Waals surface area (Å²) in [4.78, 5) is 41.4. The van der Waals surface area contributed by atoms with Crippen LogP contribution in [0, 0.1) is 0 Å². The van der Waals surface area contributed by atoms with Crippen molar-refractivity contribution in [2.45, 2.75) is 25.8 Å². The Bertz CT molecular complexity index is 1100. The molecule has 172 valence electrons. The predicted octanol–water partition coefficient (Wildman–Crippen LogP) is 2.08. The molecule has 1 fully saturated rings. The number of carbonyl (C=O) groups is 3. The van der Waals surface area contributed by atoms with Crippen LogP contribution in [0.2, 0.25) is 0 Å². The summed E-state index contributed by atoms with van der Waals surface area (Å²) in [6.07, 6.45) is 3.12. The number of anilines is 1. The third-order valence-electron chi connectivity index (χ3n) is 6.02. The molecule has 9 nitrogen and oxygen atoms in total. The molecule has 3 aliphatic rings. The number of amides is 3. The number of hydrogen-bond donors (Lipinski definition) is 1. The van der Waals surface area contributed by atoms with E-state index in [9.17, 15) is 14.4 Å². The molecule has 9 heteroatoms. The maximum absolute atomic E-state index is 12.9. The summed E-state index contributed by atoms with van der Waals surface area (Å²) in [6.45, 7) is 1.62. The van der Waals surface area contributed by atoms with Crippen LogP contribution in [0.25, 0.3) is 0 Å². The van der Waals surface area contributed by atoms with Gasteiger partial charge in [-0.3, -0.25) is 19.3 Å². The van der Waals surface area contributed by atoms with Gasteiger partial charge in [0.1, 0.15) is 12.3 Å². The van der Waals surface area contributed by atoms with Crippen molar-refractivity contribution >= 4 is 23.4 Å². The van der Waals surface area contributed by atoms with Gasteiger partial charge in [0.2, 0.25) is 12.7 Å². The SMILES string of the molecule is O=C(CN1C(=O)COc2ccc(C(=O)N3CCCCC3)cc21)NCc1ccc2c(c1)OCO2. The van der Waals surface area contributed by atoms with Crippen LogP contribution in [0.1, 0.15) is 35.2 Å². The molecule has 0 aliphatic carbocycles. The van der Waals surface area contributed by atoms with Gasteiger partial charge in [0.25, 0.3) is 11.8 Å². The van der Waals surface area contributed by atoms with Crippen LogP contribution in [0.4, 0.5) is 5.69 Å². The van der Waals surface area contributed by atoms with Crippen molar-refractivity contribution in [3.8, 4) is 17.2 Å². The fraction of sp³-hybridized carbons (Fsp3) is 0.375. The molecule has 1 saturated heterocycles. The Balaban J connectivity index is 1.27. The van der Waals surface area contributed by atoms with Crippen LogP contribution in [0.3, 0.4) is 0 Å². The molecule has 0 bridgehead atoms. The molecule has 33 heavy (non-hydrogen) atoms. The first-order valence-electron chi connectivity index (χ1n) is 11.1. The lowest BCUT2D eigenvalue weighted by Gasteiger charge is -2.30. The molecular formula is C24H25N3O6. The van der Waals surface area contributed by atoms with Gasteiger partial charge in [-0.25, -0.2) is 0 Å².